The number of para-hydroxylation sites is 1. The number of carbonyl (C=O) groups is 1. The molecule has 0 spiro atoms. The molecule has 0 atom stereocenters. The first-order chi connectivity index (χ1) is 14.6. The Morgan fingerprint density at radius 1 is 1.20 bits per heavy atom. The van der Waals surface area contributed by atoms with Crippen molar-refractivity contribution >= 4 is 45.1 Å². The second kappa shape index (κ2) is 9.06. The quantitative estimate of drug-likeness (QED) is 0.497. The molecule has 0 radical (unpaired) electrons. The molecule has 2 aromatic carbocycles. The summed E-state index contributed by atoms with van der Waals surface area (Å²) < 4.78 is 11.8. The molecule has 5 nitrogen and oxygen atoms in total. The predicted molar refractivity (Wildman–Crippen MR) is 122 cm³/mol. The minimum absolute atomic E-state index is 0.00339. The number of rotatable bonds is 5. The largest absolute Gasteiger partial charge is 0.493 e. The summed E-state index contributed by atoms with van der Waals surface area (Å²) in [6, 6.07) is 11.8. The second-order valence-corrected chi connectivity index (χ2v) is 8.66. The van der Waals surface area contributed by atoms with Crippen molar-refractivity contribution in [1.82, 2.24) is 9.88 Å². The summed E-state index contributed by atoms with van der Waals surface area (Å²) in [5.74, 6) is 1.44. The van der Waals surface area contributed by atoms with Crippen LogP contribution in [0.25, 0.3) is 16.3 Å². The van der Waals surface area contributed by atoms with Crippen molar-refractivity contribution in [3.05, 3.63) is 58.1 Å². The Bertz CT molecular complexity index is 1050. The van der Waals surface area contributed by atoms with E-state index in [1.165, 1.54) is 9.71 Å². The number of carbonyl (C=O) groups excluding carboxylic acids is 1. The number of methoxy groups -OCH3 is 2. The summed E-state index contributed by atoms with van der Waals surface area (Å²) in [6.45, 7) is 1.47. The molecular weight excluding hydrogens is 420 g/mol. The highest BCUT2D eigenvalue weighted by Crippen LogP contribution is 2.37. The molecule has 0 aliphatic carbocycles. The van der Waals surface area contributed by atoms with E-state index in [4.69, 9.17) is 26.1 Å². The average Bonchev–Trinajstić information content (AvgIpc) is 3.21. The number of amides is 1. The Morgan fingerprint density at radius 2 is 1.97 bits per heavy atom. The van der Waals surface area contributed by atoms with E-state index in [9.17, 15) is 4.79 Å². The van der Waals surface area contributed by atoms with E-state index >= 15 is 0 Å². The van der Waals surface area contributed by atoms with Crippen LogP contribution in [0.3, 0.4) is 0 Å². The molecule has 4 rings (SSSR count). The van der Waals surface area contributed by atoms with Gasteiger partial charge in [-0.15, -0.1) is 11.3 Å². The lowest BCUT2D eigenvalue weighted by molar-refractivity contribution is -0.126. The van der Waals surface area contributed by atoms with Crippen LogP contribution in [-0.2, 0) is 4.79 Å². The van der Waals surface area contributed by atoms with Crippen molar-refractivity contribution in [3.8, 4) is 11.5 Å². The highest BCUT2D eigenvalue weighted by molar-refractivity contribution is 7.18. The predicted octanol–water partition coefficient (Wildman–Crippen LogP) is 5.39. The molecule has 0 saturated carbocycles. The molecule has 1 aromatic heterocycles. The number of benzene rings is 2. The smallest absolute Gasteiger partial charge is 0.246 e. The number of piperidine rings is 1. The van der Waals surface area contributed by atoms with Crippen LogP contribution >= 0.6 is 22.9 Å². The van der Waals surface area contributed by atoms with Gasteiger partial charge in [0.15, 0.2) is 11.5 Å². The number of aromatic nitrogens is 1. The topological polar surface area (TPSA) is 51.7 Å². The fraction of sp³-hybridized carbons (Fsp3) is 0.304. The van der Waals surface area contributed by atoms with Crippen molar-refractivity contribution in [1.29, 1.82) is 0 Å². The zero-order valence-electron chi connectivity index (χ0n) is 16.9. The SMILES string of the molecule is COc1cc(C=CC(=O)N2CCC(c3nc4ccccc4s3)CC2)cc(Cl)c1OC. The summed E-state index contributed by atoms with van der Waals surface area (Å²) in [5.41, 5.74) is 1.85. The van der Waals surface area contributed by atoms with Crippen LogP contribution in [0.5, 0.6) is 11.5 Å². The van der Waals surface area contributed by atoms with Crippen molar-refractivity contribution in [2.45, 2.75) is 18.8 Å². The molecule has 0 N–H and O–H groups in total. The Morgan fingerprint density at radius 3 is 2.67 bits per heavy atom. The molecule has 3 aromatic rings. The van der Waals surface area contributed by atoms with Gasteiger partial charge < -0.3 is 14.4 Å². The van der Waals surface area contributed by atoms with Gasteiger partial charge in [0.05, 0.1) is 34.5 Å². The number of fused-ring (bicyclic) bond motifs is 1. The van der Waals surface area contributed by atoms with Gasteiger partial charge in [0.25, 0.3) is 0 Å². The molecule has 0 bridgehead atoms. The van der Waals surface area contributed by atoms with Gasteiger partial charge in [-0.1, -0.05) is 23.7 Å². The van der Waals surface area contributed by atoms with E-state index in [1.54, 1.807) is 49.8 Å². The summed E-state index contributed by atoms with van der Waals surface area (Å²) >= 11 is 8.01. The monoisotopic (exact) mass is 442 g/mol. The Balaban J connectivity index is 1.39. The lowest BCUT2D eigenvalue weighted by Gasteiger charge is -2.30. The van der Waals surface area contributed by atoms with E-state index < -0.39 is 0 Å². The third-order valence-corrected chi connectivity index (χ3v) is 6.82. The molecule has 1 fully saturated rings. The van der Waals surface area contributed by atoms with E-state index in [-0.39, 0.29) is 5.91 Å². The minimum atomic E-state index is 0.00339. The van der Waals surface area contributed by atoms with Crippen LogP contribution in [0.15, 0.2) is 42.5 Å². The molecule has 1 amide bonds. The Kier molecular flexibility index (Phi) is 6.25. The zero-order valence-corrected chi connectivity index (χ0v) is 18.5. The number of nitrogens with zero attached hydrogens (tertiary/aromatic N) is 2. The fourth-order valence-electron chi connectivity index (χ4n) is 3.72. The molecule has 0 unspecified atom stereocenters. The van der Waals surface area contributed by atoms with Gasteiger partial charge in [-0.3, -0.25) is 4.79 Å². The van der Waals surface area contributed by atoms with E-state index in [1.807, 2.05) is 17.0 Å². The number of hydrogen-bond acceptors (Lipinski definition) is 5. The first-order valence-electron chi connectivity index (χ1n) is 9.83. The maximum absolute atomic E-state index is 12.7. The fourth-order valence-corrected chi connectivity index (χ4v) is 5.15. The normalized spacial score (nSPS) is 15.1. The number of likely N-dealkylation sites (tertiary alicyclic amines) is 1. The molecule has 1 aliphatic heterocycles. The molecule has 2 heterocycles. The Labute approximate surface area is 184 Å². The van der Waals surface area contributed by atoms with Crippen LogP contribution in [0.1, 0.15) is 29.3 Å². The third kappa shape index (κ3) is 4.30. The summed E-state index contributed by atoms with van der Waals surface area (Å²) in [7, 11) is 3.10. The highest BCUT2D eigenvalue weighted by Gasteiger charge is 2.25. The molecule has 30 heavy (non-hydrogen) atoms. The van der Waals surface area contributed by atoms with E-state index in [0.717, 1.165) is 37.0 Å². The van der Waals surface area contributed by atoms with Gasteiger partial charge in [0, 0.05) is 25.1 Å². The zero-order chi connectivity index (χ0) is 21.1. The number of halogens is 1. The minimum Gasteiger partial charge on any atom is -0.493 e. The summed E-state index contributed by atoms with van der Waals surface area (Å²) in [6.07, 6.45) is 5.22. The number of ether oxygens (including phenoxy) is 2. The third-order valence-electron chi connectivity index (χ3n) is 5.34. The Hall–Kier alpha value is -2.57. The molecule has 156 valence electrons. The first kappa shape index (κ1) is 20.7. The van der Waals surface area contributed by atoms with Crippen LogP contribution in [-0.4, -0.2) is 43.1 Å². The van der Waals surface area contributed by atoms with E-state index in [2.05, 4.69) is 12.1 Å². The first-order valence-corrected chi connectivity index (χ1v) is 11.0. The maximum atomic E-state index is 12.7. The van der Waals surface area contributed by atoms with Crippen molar-refractivity contribution < 1.29 is 14.3 Å². The number of thiazole rings is 1. The standard InChI is InChI=1S/C23H23ClN2O3S/c1-28-19-14-15(13-17(24)22(19)29-2)7-8-21(27)26-11-9-16(10-12-26)23-25-18-5-3-4-6-20(18)30-23/h3-8,13-14,16H,9-12H2,1-2H3. The lowest BCUT2D eigenvalue weighted by Crippen LogP contribution is -2.36. The lowest BCUT2D eigenvalue weighted by atomic mass is 9.97. The average molecular weight is 443 g/mol. The van der Waals surface area contributed by atoms with E-state index in [0.29, 0.717) is 22.4 Å². The van der Waals surface area contributed by atoms with Gasteiger partial charge in [0.2, 0.25) is 5.91 Å². The van der Waals surface area contributed by atoms with Gasteiger partial charge >= 0.3 is 0 Å². The second-order valence-electron chi connectivity index (χ2n) is 7.19. The van der Waals surface area contributed by atoms with Crippen molar-refractivity contribution in [3.63, 3.8) is 0 Å². The molecular formula is C23H23ClN2O3S. The van der Waals surface area contributed by atoms with Crippen LogP contribution < -0.4 is 9.47 Å². The molecule has 1 saturated heterocycles. The van der Waals surface area contributed by atoms with Crippen molar-refractivity contribution in [2.24, 2.45) is 0 Å². The molecule has 1 aliphatic rings. The maximum Gasteiger partial charge on any atom is 0.246 e. The summed E-state index contributed by atoms with van der Waals surface area (Å²) in [5, 5.41) is 1.62. The summed E-state index contributed by atoms with van der Waals surface area (Å²) in [4.78, 5) is 19.3. The van der Waals surface area contributed by atoms with Crippen LogP contribution in [0.4, 0.5) is 0 Å². The van der Waals surface area contributed by atoms with Gasteiger partial charge in [-0.05, 0) is 48.7 Å². The van der Waals surface area contributed by atoms with Gasteiger partial charge in [-0.2, -0.15) is 0 Å². The van der Waals surface area contributed by atoms with Crippen LogP contribution in [0.2, 0.25) is 5.02 Å². The van der Waals surface area contributed by atoms with Crippen molar-refractivity contribution in [2.75, 3.05) is 27.3 Å². The highest BCUT2D eigenvalue weighted by atomic mass is 35.5. The number of hydrogen-bond donors (Lipinski definition) is 0. The van der Waals surface area contributed by atoms with Gasteiger partial charge in [-0.25, -0.2) is 4.98 Å². The molecule has 7 heteroatoms. The van der Waals surface area contributed by atoms with Crippen LogP contribution in [0, 0.1) is 0 Å². The van der Waals surface area contributed by atoms with Gasteiger partial charge in [0.1, 0.15) is 0 Å².